The van der Waals surface area contributed by atoms with Gasteiger partial charge in [0.2, 0.25) is 5.89 Å². The monoisotopic (exact) mass is 290 g/mol. The van der Waals surface area contributed by atoms with E-state index in [1.807, 2.05) is 0 Å². The molecule has 0 fully saturated rings. The second-order valence-corrected chi connectivity index (χ2v) is 4.59. The Morgan fingerprint density at radius 3 is 2.57 bits per heavy atom. The highest BCUT2D eigenvalue weighted by molar-refractivity contribution is 5.93. The quantitative estimate of drug-likeness (QED) is 0.639. The van der Waals surface area contributed by atoms with Gasteiger partial charge in [-0.15, -0.1) is 10.2 Å². The lowest BCUT2D eigenvalue weighted by molar-refractivity contribution is -0.144. The molecule has 0 saturated carbocycles. The van der Waals surface area contributed by atoms with Crippen LogP contribution in [0.15, 0.2) is 34.3 Å². The SMILES string of the molecule is C/C(=C\c1ccc(F)cc1)C(=O)OC(C)c1nnc(C)o1. The van der Waals surface area contributed by atoms with E-state index < -0.39 is 12.1 Å². The molecule has 2 rings (SSSR count). The Bertz CT molecular complexity index is 662. The summed E-state index contributed by atoms with van der Waals surface area (Å²) in [6, 6.07) is 5.82. The number of hydrogen-bond acceptors (Lipinski definition) is 5. The molecule has 110 valence electrons. The van der Waals surface area contributed by atoms with Crippen LogP contribution in [0.1, 0.15) is 37.3 Å². The van der Waals surface area contributed by atoms with E-state index in [0.29, 0.717) is 17.0 Å². The van der Waals surface area contributed by atoms with Crippen LogP contribution in [0.5, 0.6) is 0 Å². The van der Waals surface area contributed by atoms with Gasteiger partial charge in [0.05, 0.1) is 0 Å². The van der Waals surface area contributed by atoms with Crippen molar-refractivity contribution >= 4 is 12.0 Å². The molecule has 0 aliphatic carbocycles. The summed E-state index contributed by atoms with van der Waals surface area (Å²) in [7, 11) is 0. The van der Waals surface area contributed by atoms with Gasteiger partial charge in [-0.05, 0) is 37.6 Å². The number of nitrogens with zero attached hydrogens (tertiary/aromatic N) is 2. The van der Waals surface area contributed by atoms with Crippen molar-refractivity contribution in [1.29, 1.82) is 0 Å². The van der Waals surface area contributed by atoms with E-state index in [9.17, 15) is 9.18 Å². The van der Waals surface area contributed by atoms with Gasteiger partial charge < -0.3 is 9.15 Å². The van der Waals surface area contributed by atoms with Gasteiger partial charge in [0, 0.05) is 12.5 Å². The molecule has 5 nitrogen and oxygen atoms in total. The number of rotatable bonds is 4. The van der Waals surface area contributed by atoms with Crippen LogP contribution in [0.3, 0.4) is 0 Å². The summed E-state index contributed by atoms with van der Waals surface area (Å²) >= 11 is 0. The second kappa shape index (κ2) is 6.30. The van der Waals surface area contributed by atoms with Gasteiger partial charge in [0.25, 0.3) is 5.89 Å². The summed E-state index contributed by atoms with van der Waals surface area (Å²) < 4.78 is 23.2. The smallest absolute Gasteiger partial charge is 0.334 e. The summed E-state index contributed by atoms with van der Waals surface area (Å²) in [5.41, 5.74) is 1.11. The molecule has 0 saturated heterocycles. The number of halogens is 1. The lowest BCUT2D eigenvalue weighted by Gasteiger charge is -2.09. The van der Waals surface area contributed by atoms with Gasteiger partial charge >= 0.3 is 5.97 Å². The highest BCUT2D eigenvalue weighted by Gasteiger charge is 2.18. The lowest BCUT2D eigenvalue weighted by atomic mass is 10.1. The fourth-order valence-corrected chi connectivity index (χ4v) is 1.65. The van der Waals surface area contributed by atoms with E-state index in [-0.39, 0.29) is 11.7 Å². The predicted molar refractivity (Wildman–Crippen MR) is 73.6 cm³/mol. The zero-order chi connectivity index (χ0) is 15.4. The lowest BCUT2D eigenvalue weighted by Crippen LogP contribution is -2.10. The summed E-state index contributed by atoms with van der Waals surface area (Å²) in [5.74, 6) is -0.169. The first kappa shape index (κ1) is 14.9. The molecular weight excluding hydrogens is 275 g/mol. The fourth-order valence-electron chi connectivity index (χ4n) is 1.65. The number of carbonyl (C=O) groups excluding carboxylic acids is 1. The molecule has 1 heterocycles. The third kappa shape index (κ3) is 3.98. The Balaban J connectivity index is 2.03. The summed E-state index contributed by atoms with van der Waals surface area (Å²) in [6.45, 7) is 4.93. The average molecular weight is 290 g/mol. The van der Waals surface area contributed by atoms with E-state index in [2.05, 4.69) is 10.2 Å². The molecule has 1 aromatic carbocycles. The van der Waals surface area contributed by atoms with Crippen LogP contribution in [-0.4, -0.2) is 16.2 Å². The molecule has 0 bridgehead atoms. The van der Waals surface area contributed by atoms with E-state index in [4.69, 9.17) is 9.15 Å². The van der Waals surface area contributed by atoms with E-state index in [1.165, 1.54) is 12.1 Å². The maximum atomic E-state index is 12.8. The molecule has 2 aromatic rings. The Morgan fingerprint density at radius 2 is 2.00 bits per heavy atom. The first-order valence-corrected chi connectivity index (χ1v) is 6.40. The van der Waals surface area contributed by atoms with Crippen molar-refractivity contribution in [2.45, 2.75) is 26.9 Å². The van der Waals surface area contributed by atoms with Crippen LogP contribution in [0.4, 0.5) is 4.39 Å². The summed E-state index contributed by atoms with van der Waals surface area (Å²) in [4.78, 5) is 12.0. The van der Waals surface area contributed by atoms with Crippen LogP contribution in [0.25, 0.3) is 6.08 Å². The molecule has 1 unspecified atom stereocenters. The Kier molecular flexibility index (Phi) is 4.47. The molecule has 1 atom stereocenters. The van der Waals surface area contributed by atoms with Crippen LogP contribution in [-0.2, 0) is 9.53 Å². The molecular formula is C15H15FN2O3. The Labute approximate surface area is 121 Å². The topological polar surface area (TPSA) is 65.2 Å². The minimum Gasteiger partial charge on any atom is -0.449 e. The number of esters is 1. The number of carbonyl (C=O) groups is 1. The van der Waals surface area contributed by atoms with Gasteiger partial charge in [-0.25, -0.2) is 9.18 Å². The number of benzene rings is 1. The van der Waals surface area contributed by atoms with Gasteiger partial charge in [0.1, 0.15) is 5.82 Å². The molecule has 1 aromatic heterocycles. The van der Waals surface area contributed by atoms with Crippen LogP contribution in [0, 0.1) is 12.7 Å². The first-order chi connectivity index (χ1) is 9.95. The highest BCUT2D eigenvalue weighted by atomic mass is 19.1. The number of aromatic nitrogens is 2. The standard InChI is InChI=1S/C15H15FN2O3/c1-9(8-12-4-6-13(16)7-5-12)15(19)20-10(2)14-18-17-11(3)21-14/h4-8,10H,1-3H3/b9-8+. The molecule has 0 aliphatic heterocycles. The third-order valence-electron chi connectivity index (χ3n) is 2.75. The van der Waals surface area contributed by atoms with Crippen LogP contribution >= 0.6 is 0 Å². The van der Waals surface area contributed by atoms with Gasteiger partial charge in [-0.2, -0.15) is 0 Å². The van der Waals surface area contributed by atoms with E-state index in [0.717, 1.165) is 0 Å². The largest absolute Gasteiger partial charge is 0.449 e. The average Bonchev–Trinajstić information content (AvgIpc) is 2.88. The maximum absolute atomic E-state index is 12.8. The van der Waals surface area contributed by atoms with Crippen molar-refractivity contribution in [2.24, 2.45) is 0 Å². The second-order valence-electron chi connectivity index (χ2n) is 4.59. The molecule has 0 spiro atoms. The number of aryl methyl sites for hydroxylation is 1. The zero-order valence-electron chi connectivity index (χ0n) is 12.0. The van der Waals surface area contributed by atoms with Gasteiger partial charge in [-0.3, -0.25) is 0 Å². The van der Waals surface area contributed by atoms with E-state index in [1.54, 1.807) is 39.0 Å². The Hall–Kier alpha value is -2.50. The third-order valence-corrected chi connectivity index (χ3v) is 2.75. The minimum absolute atomic E-state index is 0.246. The maximum Gasteiger partial charge on any atom is 0.334 e. The van der Waals surface area contributed by atoms with Crippen molar-refractivity contribution in [1.82, 2.24) is 10.2 Å². The Morgan fingerprint density at radius 1 is 1.33 bits per heavy atom. The van der Waals surface area contributed by atoms with E-state index >= 15 is 0 Å². The normalized spacial score (nSPS) is 13.0. The van der Waals surface area contributed by atoms with Crippen molar-refractivity contribution in [2.75, 3.05) is 0 Å². The molecule has 0 amide bonds. The highest BCUT2D eigenvalue weighted by Crippen LogP contribution is 2.17. The molecule has 0 radical (unpaired) electrons. The van der Waals surface area contributed by atoms with Crippen molar-refractivity contribution in [3.05, 3.63) is 53.0 Å². The van der Waals surface area contributed by atoms with Crippen LogP contribution < -0.4 is 0 Å². The molecule has 21 heavy (non-hydrogen) atoms. The predicted octanol–water partition coefficient (Wildman–Crippen LogP) is 3.22. The number of hydrogen-bond donors (Lipinski definition) is 0. The molecule has 0 N–H and O–H groups in total. The summed E-state index contributed by atoms with van der Waals surface area (Å²) in [5, 5.41) is 7.47. The van der Waals surface area contributed by atoms with Crippen molar-refractivity contribution in [3.8, 4) is 0 Å². The van der Waals surface area contributed by atoms with Crippen molar-refractivity contribution < 1.29 is 18.3 Å². The fraction of sp³-hybridized carbons (Fsp3) is 0.267. The van der Waals surface area contributed by atoms with Crippen molar-refractivity contribution in [3.63, 3.8) is 0 Å². The number of ether oxygens (including phenoxy) is 1. The zero-order valence-corrected chi connectivity index (χ0v) is 12.0. The van der Waals surface area contributed by atoms with Gasteiger partial charge in [0.15, 0.2) is 6.10 Å². The minimum atomic E-state index is -0.629. The van der Waals surface area contributed by atoms with Gasteiger partial charge in [-0.1, -0.05) is 12.1 Å². The molecule has 0 aliphatic rings. The first-order valence-electron chi connectivity index (χ1n) is 6.40. The molecule has 6 heteroatoms. The van der Waals surface area contributed by atoms with Crippen LogP contribution in [0.2, 0.25) is 0 Å². The summed E-state index contributed by atoms with van der Waals surface area (Å²) in [6.07, 6.45) is 0.989.